The Labute approximate surface area is 125 Å². The molecule has 2 rings (SSSR count). The average molecular weight is 349 g/mol. The minimum absolute atomic E-state index is 0.0266. The van der Waals surface area contributed by atoms with E-state index in [-0.39, 0.29) is 5.91 Å². The number of nitrogens with zero attached hydrogens (tertiary/aromatic N) is 1. The smallest absolute Gasteiger partial charge is 0.267 e. The second-order valence-corrected chi connectivity index (χ2v) is 7.58. The fraction of sp³-hybridized carbons (Fsp3) is 0.583. The van der Waals surface area contributed by atoms with Crippen LogP contribution in [-0.2, 0) is 6.54 Å². The van der Waals surface area contributed by atoms with Crippen LogP contribution in [0.1, 0.15) is 17.4 Å². The SMILES string of the molecule is CCn1cc(Br)cc1C(=O)NCC1CSCCS1. The maximum Gasteiger partial charge on any atom is 0.267 e. The zero-order valence-electron chi connectivity index (χ0n) is 10.3. The molecule has 0 aliphatic carbocycles. The van der Waals surface area contributed by atoms with E-state index < -0.39 is 0 Å². The van der Waals surface area contributed by atoms with Crippen LogP contribution in [0.4, 0.5) is 0 Å². The lowest BCUT2D eigenvalue weighted by Gasteiger charge is -2.21. The molecule has 1 aromatic rings. The van der Waals surface area contributed by atoms with Gasteiger partial charge in [-0.3, -0.25) is 4.79 Å². The summed E-state index contributed by atoms with van der Waals surface area (Å²) < 4.78 is 2.92. The molecule has 1 aromatic heterocycles. The number of aryl methyl sites for hydroxylation is 1. The third kappa shape index (κ3) is 3.71. The van der Waals surface area contributed by atoms with E-state index in [1.54, 1.807) is 0 Å². The summed E-state index contributed by atoms with van der Waals surface area (Å²) in [7, 11) is 0. The van der Waals surface area contributed by atoms with Gasteiger partial charge in [-0.15, -0.1) is 0 Å². The van der Waals surface area contributed by atoms with Crippen LogP contribution in [0.3, 0.4) is 0 Å². The molecule has 1 saturated heterocycles. The quantitative estimate of drug-likeness (QED) is 0.908. The molecule has 1 N–H and O–H groups in total. The number of carbonyl (C=O) groups is 1. The highest BCUT2D eigenvalue weighted by Gasteiger charge is 2.17. The second-order valence-electron chi connectivity index (χ2n) is 4.11. The number of hydrogen-bond acceptors (Lipinski definition) is 3. The van der Waals surface area contributed by atoms with Crippen molar-refractivity contribution in [3.05, 3.63) is 22.4 Å². The van der Waals surface area contributed by atoms with Gasteiger partial charge in [-0.1, -0.05) is 0 Å². The minimum Gasteiger partial charge on any atom is -0.350 e. The van der Waals surface area contributed by atoms with Gasteiger partial charge in [-0.2, -0.15) is 23.5 Å². The van der Waals surface area contributed by atoms with Gasteiger partial charge in [-0.25, -0.2) is 0 Å². The van der Waals surface area contributed by atoms with E-state index >= 15 is 0 Å². The van der Waals surface area contributed by atoms with E-state index in [2.05, 4.69) is 21.2 Å². The number of rotatable bonds is 4. The number of halogens is 1. The van der Waals surface area contributed by atoms with Gasteiger partial charge in [0, 0.05) is 46.3 Å². The molecule has 1 unspecified atom stereocenters. The first kappa shape index (κ1) is 14.3. The highest BCUT2D eigenvalue weighted by molar-refractivity contribution is 9.10. The molecule has 0 aromatic carbocycles. The van der Waals surface area contributed by atoms with Gasteiger partial charge in [-0.05, 0) is 28.9 Å². The van der Waals surface area contributed by atoms with Gasteiger partial charge in [0.2, 0.25) is 0 Å². The van der Waals surface area contributed by atoms with Crippen molar-refractivity contribution in [2.24, 2.45) is 0 Å². The Balaban J connectivity index is 1.90. The molecule has 1 atom stereocenters. The molecule has 1 aliphatic heterocycles. The van der Waals surface area contributed by atoms with Crippen LogP contribution in [0.2, 0.25) is 0 Å². The maximum atomic E-state index is 12.1. The van der Waals surface area contributed by atoms with Crippen molar-refractivity contribution in [2.75, 3.05) is 23.8 Å². The Hall–Kier alpha value is -0.0700. The fourth-order valence-corrected chi connectivity index (χ4v) is 4.95. The van der Waals surface area contributed by atoms with Crippen LogP contribution in [0.5, 0.6) is 0 Å². The largest absolute Gasteiger partial charge is 0.350 e. The van der Waals surface area contributed by atoms with Crippen LogP contribution in [0, 0.1) is 0 Å². The van der Waals surface area contributed by atoms with E-state index in [1.165, 1.54) is 11.5 Å². The van der Waals surface area contributed by atoms with Gasteiger partial charge in [0.1, 0.15) is 5.69 Å². The molecular weight excluding hydrogens is 332 g/mol. The first-order chi connectivity index (χ1) is 8.70. The molecule has 0 radical (unpaired) electrons. The Morgan fingerprint density at radius 1 is 1.61 bits per heavy atom. The third-order valence-electron chi connectivity index (χ3n) is 2.81. The van der Waals surface area contributed by atoms with Crippen molar-refractivity contribution < 1.29 is 4.79 Å². The summed E-state index contributed by atoms with van der Waals surface area (Å²) in [4.78, 5) is 12.1. The van der Waals surface area contributed by atoms with Gasteiger partial charge in [0.25, 0.3) is 5.91 Å². The van der Waals surface area contributed by atoms with E-state index in [4.69, 9.17) is 0 Å². The van der Waals surface area contributed by atoms with Crippen molar-refractivity contribution in [1.29, 1.82) is 0 Å². The summed E-state index contributed by atoms with van der Waals surface area (Å²) in [5.74, 6) is 3.60. The number of aromatic nitrogens is 1. The number of carbonyl (C=O) groups excluding carboxylic acids is 1. The normalized spacial score (nSPS) is 19.8. The van der Waals surface area contributed by atoms with Crippen LogP contribution in [0.15, 0.2) is 16.7 Å². The van der Waals surface area contributed by atoms with E-state index in [1.807, 2.05) is 47.3 Å². The fourth-order valence-electron chi connectivity index (χ4n) is 1.88. The highest BCUT2D eigenvalue weighted by atomic mass is 79.9. The second kappa shape index (κ2) is 6.91. The van der Waals surface area contributed by atoms with Gasteiger partial charge in [0.15, 0.2) is 0 Å². The van der Waals surface area contributed by atoms with Crippen LogP contribution < -0.4 is 5.32 Å². The first-order valence-electron chi connectivity index (χ1n) is 6.04. The van der Waals surface area contributed by atoms with Crippen molar-refractivity contribution in [2.45, 2.75) is 18.7 Å². The predicted octanol–water partition coefficient (Wildman–Crippen LogP) is 2.85. The van der Waals surface area contributed by atoms with E-state index in [9.17, 15) is 4.79 Å². The average Bonchev–Trinajstić information content (AvgIpc) is 2.78. The molecule has 0 bridgehead atoms. The zero-order chi connectivity index (χ0) is 13.0. The number of nitrogens with one attached hydrogen (secondary N) is 1. The molecule has 1 amide bonds. The summed E-state index contributed by atoms with van der Waals surface area (Å²) in [6.45, 7) is 3.61. The van der Waals surface area contributed by atoms with Crippen molar-refractivity contribution in [1.82, 2.24) is 9.88 Å². The summed E-state index contributed by atoms with van der Waals surface area (Å²) >= 11 is 7.35. The topological polar surface area (TPSA) is 34.0 Å². The standard InChI is InChI=1S/C12H17BrN2OS2/c1-2-15-7-9(13)5-11(15)12(16)14-6-10-8-17-3-4-18-10/h5,7,10H,2-4,6,8H2,1H3,(H,14,16). The van der Waals surface area contributed by atoms with Crippen LogP contribution in [0.25, 0.3) is 0 Å². The number of hydrogen-bond donors (Lipinski definition) is 1. The Bertz CT molecular complexity index is 416. The summed E-state index contributed by atoms with van der Waals surface area (Å²) in [5.41, 5.74) is 0.734. The van der Waals surface area contributed by atoms with Crippen molar-refractivity contribution in [3.63, 3.8) is 0 Å². The zero-order valence-corrected chi connectivity index (χ0v) is 13.5. The van der Waals surface area contributed by atoms with Crippen LogP contribution >= 0.6 is 39.5 Å². The van der Waals surface area contributed by atoms with Gasteiger partial charge < -0.3 is 9.88 Å². The Morgan fingerprint density at radius 2 is 2.44 bits per heavy atom. The molecule has 1 aliphatic rings. The summed E-state index contributed by atoms with van der Waals surface area (Å²) in [6.07, 6.45) is 1.94. The Morgan fingerprint density at radius 3 is 3.11 bits per heavy atom. The third-order valence-corrected chi connectivity index (χ3v) is 6.09. The van der Waals surface area contributed by atoms with Crippen LogP contribution in [-0.4, -0.2) is 39.5 Å². The maximum absolute atomic E-state index is 12.1. The van der Waals surface area contributed by atoms with Crippen molar-refractivity contribution in [3.8, 4) is 0 Å². The van der Waals surface area contributed by atoms with E-state index in [0.717, 1.165) is 29.0 Å². The first-order valence-corrected chi connectivity index (χ1v) is 9.03. The molecule has 3 nitrogen and oxygen atoms in total. The summed E-state index contributed by atoms with van der Waals surface area (Å²) in [5, 5.41) is 3.60. The Kier molecular flexibility index (Phi) is 5.51. The molecule has 2 heterocycles. The molecule has 100 valence electrons. The minimum atomic E-state index is 0.0266. The summed E-state index contributed by atoms with van der Waals surface area (Å²) in [6, 6.07) is 1.88. The number of amides is 1. The van der Waals surface area contributed by atoms with E-state index in [0.29, 0.717) is 5.25 Å². The molecule has 0 spiro atoms. The molecule has 6 heteroatoms. The lowest BCUT2D eigenvalue weighted by molar-refractivity contribution is 0.0945. The molecule has 18 heavy (non-hydrogen) atoms. The lowest BCUT2D eigenvalue weighted by Crippen LogP contribution is -2.34. The molecule has 0 saturated carbocycles. The highest BCUT2D eigenvalue weighted by Crippen LogP contribution is 2.23. The lowest BCUT2D eigenvalue weighted by atomic mass is 10.3. The number of thioether (sulfide) groups is 2. The molecule has 1 fully saturated rings. The monoisotopic (exact) mass is 348 g/mol. The van der Waals surface area contributed by atoms with Gasteiger partial charge >= 0.3 is 0 Å². The van der Waals surface area contributed by atoms with Gasteiger partial charge in [0.05, 0.1) is 0 Å². The molecular formula is C12H17BrN2OS2. The predicted molar refractivity (Wildman–Crippen MR) is 83.7 cm³/mol. The van der Waals surface area contributed by atoms with Crippen molar-refractivity contribution >= 4 is 45.4 Å².